The monoisotopic (exact) mass is 414 g/mol. The summed E-state index contributed by atoms with van der Waals surface area (Å²) in [5.74, 6) is 0.424. The number of aryl methyl sites for hydroxylation is 1. The molecule has 2 aromatic carbocycles. The normalized spacial score (nSPS) is 13.3. The quantitative estimate of drug-likeness (QED) is 0.500. The molecule has 4 aromatic rings. The molecule has 1 N–H and O–H groups in total. The Kier molecular flexibility index (Phi) is 4.90. The van der Waals surface area contributed by atoms with E-state index in [0.717, 1.165) is 40.9 Å². The number of halogens is 1. The second-order valence-electron chi connectivity index (χ2n) is 8.01. The average molecular weight is 414 g/mol. The molecule has 1 saturated heterocycles. The minimum atomic E-state index is -0.288. The summed E-state index contributed by atoms with van der Waals surface area (Å²) in [5.41, 5.74) is 4.02. The molecule has 5 rings (SSSR count). The molecule has 5 nitrogen and oxygen atoms in total. The molecular weight excluding hydrogens is 391 g/mol. The topological polar surface area (TPSA) is 50.2 Å². The highest BCUT2D eigenvalue weighted by molar-refractivity contribution is 6.06. The Bertz CT molecular complexity index is 1260. The summed E-state index contributed by atoms with van der Waals surface area (Å²) >= 11 is 0. The first-order valence-corrected chi connectivity index (χ1v) is 10.4. The number of carbonyl (C=O) groups excluding carboxylic acids is 1. The van der Waals surface area contributed by atoms with Gasteiger partial charge in [-0.2, -0.15) is 0 Å². The molecule has 0 aliphatic carbocycles. The second kappa shape index (κ2) is 7.87. The second-order valence-corrected chi connectivity index (χ2v) is 8.01. The number of nitrogens with one attached hydrogen (secondary N) is 1. The smallest absolute Gasteiger partial charge is 0.272 e. The van der Waals surface area contributed by atoms with Crippen LogP contribution in [0.5, 0.6) is 0 Å². The van der Waals surface area contributed by atoms with Crippen molar-refractivity contribution in [3.05, 3.63) is 89.5 Å². The van der Waals surface area contributed by atoms with E-state index in [2.05, 4.69) is 21.3 Å². The van der Waals surface area contributed by atoms with Crippen molar-refractivity contribution in [1.29, 1.82) is 0 Å². The lowest BCUT2D eigenvalue weighted by Crippen LogP contribution is -2.37. The van der Waals surface area contributed by atoms with Gasteiger partial charge in [-0.25, -0.2) is 9.37 Å². The van der Waals surface area contributed by atoms with Crippen molar-refractivity contribution in [3.63, 3.8) is 0 Å². The van der Waals surface area contributed by atoms with Gasteiger partial charge in [0.1, 0.15) is 17.3 Å². The Morgan fingerprint density at radius 1 is 1.10 bits per heavy atom. The van der Waals surface area contributed by atoms with Gasteiger partial charge in [-0.05, 0) is 61.4 Å². The molecule has 0 radical (unpaired) electrons. The van der Waals surface area contributed by atoms with Crippen LogP contribution in [-0.4, -0.2) is 28.5 Å². The lowest BCUT2D eigenvalue weighted by atomic mass is 10.2. The first kappa shape index (κ1) is 19.3. The van der Waals surface area contributed by atoms with E-state index >= 15 is 0 Å². The van der Waals surface area contributed by atoms with Gasteiger partial charge in [0.05, 0.1) is 11.9 Å². The Morgan fingerprint density at radius 2 is 1.97 bits per heavy atom. The van der Waals surface area contributed by atoms with E-state index in [4.69, 9.17) is 0 Å². The maximum Gasteiger partial charge on any atom is 0.272 e. The van der Waals surface area contributed by atoms with Crippen LogP contribution < -0.4 is 10.2 Å². The number of hydrogen-bond donors (Lipinski definition) is 1. The van der Waals surface area contributed by atoms with Crippen molar-refractivity contribution in [1.82, 2.24) is 9.55 Å². The summed E-state index contributed by atoms with van der Waals surface area (Å²) in [6.07, 6.45) is 2.88. The van der Waals surface area contributed by atoms with Crippen molar-refractivity contribution in [2.45, 2.75) is 19.9 Å². The SMILES string of the molecule is Cc1ccc2c(c1)cc(C(=O)Nc1ccc(N3CCC3)nc1)n2Cc1cccc(F)c1. The van der Waals surface area contributed by atoms with E-state index in [-0.39, 0.29) is 11.7 Å². The molecule has 0 spiro atoms. The molecule has 0 saturated carbocycles. The van der Waals surface area contributed by atoms with Gasteiger partial charge in [-0.15, -0.1) is 0 Å². The number of benzene rings is 2. The van der Waals surface area contributed by atoms with Crippen LogP contribution in [0.1, 0.15) is 28.0 Å². The van der Waals surface area contributed by atoms with Crippen LogP contribution in [0.2, 0.25) is 0 Å². The fourth-order valence-electron chi connectivity index (χ4n) is 3.95. The number of amides is 1. The van der Waals surface area contributed by atoms with E-state index in [1.807, 2.05) is 47.9 Å². The van der Waals surface area contributed by atoms with E-state index in [1.165, 1.54) is 18.6 Å². The molecule has 3 heterocycles. The molecule has 1 aliphatic heterocycles. The minimum Gasteiger partial charge on any atom is -0.356 e. The lowest BCUT2D eigenvalue weighted by molar-refractivity contribution is 0.101. The van der Waals surface area contributed by atoms with Crippen LogP contribution in [0.4, 0.5) is 15.9 Å². The van der Waals surface area contributed by atoms with Crippen molar-refractivity contribution < 1.29 is 9.18 Å². The van der Waals surface area contributed by atoms with Crippen LogP contribution in [0.25, 0.3) is 10.9 Å². The summed E-state index contributed by atoms with van der Waals surface area (Å²) < 4.78 is 15.7. The van der Waals surface area contributed by atoms with Gasteiger partial charge in [0.2, 0.25) is 0 Å². The van der Waals surface area contributed by atoms with Crippen LogP contribution in [0.15, 0.2) is 66.9 Å². The maximum atomic E-state index is 13.7. The highest BCUT2D eigenvalue weighted by Crippen LogP contribution is 2.25. The molecule has 1 amide bonds. The summed E-state index contributed by atoms with van der Waals surface area (Å²) in [4.78, 5) is 19.9. The number of anilines is 2. The molecule has 156 valence electrons. The fourth-order valence-corrected chi connectivity index (χ4v) is 3.95. The van der Waals surface area contributed by atoms with Crippen molar-refractivity contribution in [3.8, 4) is 0 Å². The Balaban J connectivity index is 1.46. The van der Waals surface area contributed by atoms with Crippen LogP contribution in [0, 0.1) is 12.7 Å². The van der Waals surface area contributed by atoms with Crippen molar-refractivity contribution in [2.24, 2.45) is 0 Å². The molecule has 1 aliphatic rings. The van der Waals surface area contributed by atoms with E-state index in [1.54, 1.807) is 12.3 Å². The molecule has 0 unspecified atom stereocenters. The molecule has 0 atom stereocenters. The summed E-state index contributed by atoms with van der Waals surface area (Å²) in [6.45, 7) is 4.48. The van der Waals surface area contributed by atoms with Gasteiger partial charge in [-0.3, -0.25) is 4.79 Å². The van der Waals surface area contributed by atoms with Crippen LogP contribution in [0.3, 0.4) is 0 Å². The molecular formula is C25H23FN4O. The van der Waals surface area contributed by atoms with Crippen LogP contribution in [-0.2, 0) is 6.54 Å². The van der Waals surface area contributed by atoms with Gasteiger partial charge in [0.15, 0.2) is 0 Å². The number of carbonyl (C=O) groups is 1. The zero-order valence-electron chi connectivity index (χ0n) is 17.3. The molecule has 0 bridgehead atoms. The fraction of sp³-hybridized carbons (Fsp3) is 0.200. The number of aromatic nitrogens is 2. The standard InChI is InChI=1S/C25H23FN4O/c1-17-6-8-22-19(12-17)14-23(30(22)16-18-4-2-5-20(26)13-18)25(31)28-21-7-9-24(27-15-21)29-10-3-11-29/h2,4-9,12-15H,3,10-11,16H2,1H3,(H,28,31). The maximum absolute atomic E-state index is 13.7. The third-order valence-corrected chi connectivity index (χ3v) is 5.70. The third-order valence-electron chi connectivity index (χ3n) is 5.70. The zero-order chi connectivity index (χ0) is 21.4. The van der Waals surface area contributed by atoms with E-state index in [9.17, 15) is 9.18 Å². The number of fused-ring (bicyclic) bond motifs is 1. The minimum absolute atomic E-state index is 0.219. The van der Waals surface area contributed by atoms with Crippen molar-refractivity contribution in [2.75, 3.05) is 23.3 Å². The largest absolute Gasteiger partial charge is 0.356 e. The number of pyridine rings is 1. The Labute approximate surface area is 180 Å². The lowest BCUT2D eigenvalue weighted by Gasteiger charge is -2.31. The molecule has 1 fully saturated rings. The van der Waals surface area contributed by atoms with Gasteiger partial charge in [0, 0.05) is 30.5 Å². The highest BCUT2D eigenvalue weighted by Gasteiger charge is 2.18. The summed E-state index contributed by atoms with van der Waals surface area (Å²) in [5, 5.41) is 3.94. The first-order valence-electron chi connectivity index (χ1n) is 10.4. The van der Waals surface area contributed by atoms with E-state index < -0.39 is 0 Å². The third kappa shape index (κ3) is 3.89. The van der Waals surface area contributed by atoms with Crippen LogP contribution >= 0.6 is 0 Å². The number of nitrogens with zero attached hydrogens (tertiary/aromatic N) is 3. The predicted molar refractivity (Wildman–Crippen MR) is 121 cm³/mol. The van der Waals surface area contributed by atoms with Gasteiger partial charge in [0.25, 0.3) is 5.91 Å². The zero-order valence-corrected chi connectivity index (χ0v) is 17.3. The summed E-state index contributed by atoms with van der Waals surface area (Å²) in [6, 6.07) is 18.2. The molecule has 6 heteroatoms. The summed E-state index contributed by atoms with van der Waals surface area (Å²) in [7, 11) is 0. The Morgan fingerprint density at radius 3 is 2.68 bits per heavy atom. The van der Waals surface area contributed by atoms with E-state index in [0.29, 0.717) is 17.9 Å². The highest BCUT2D eigenvalue weighted by atomic mass is 19.1. The molecule has 2 aromatic heterocycles. The number of hydrogen-bond acceptors (Lipinski definition) is 3. The average Bonchev–Trinajstić information content (AvgIpc) is 3.05. The predicted octanol–water partition coefficient (Wildman–Crippen LogP) is 4.99. The van der Waals surface area contributed by atoms with Gasteiger partial charge >= 0.3 is 0 Å². The first-order chi connectivity index (χ1) is 15.1. The van der Waals surface area contributed by atoms with Crippen molar-refractivity contribution >= 4 is 28.3 Å². The van der Waals surface area contributed by atoms with Gasteiger partial charge < -0.3 is 14.8 Å². The number of rotatable bonds is 5. The van der Waals surface area contributed by atoms with Gasteiger partial charge in [-0.1, -0.05) is 23.8 Å². The Hall–Kier alpha value is -3.67. The molecule has 31 heavy (non-hydrogen) atoms.